The van der Waals surface area contributed by atoms with Crippen LogP contribution in [-0.4, -0.2) is 30.7 Å². The van der Waals surface area contributed by atoms with Crippen molar-refractivity contribution in [2.45, 2.75) is 0 Å². The molecule has 1 aromatic carbocycles. The maximum Gasteiger partial charge on any atom is 0.262 e. The Kier molecular flexibility index (Phi) is 2.45. The lowest BCUT2D eigenvalue weighted by Gasteiger charge is -1.98. The Morgan fingerprint density at radius 3 is 3.00 bits per heavy atom. The standard InChI is InChI=1S/C10H6ClN5O2/c11-5-1-2-8(17)6(3-5)10-13-9(15-18-10)7-4-12-16-14-7/h1-4,17H,(H,12,14,16). The summed E-state index contributed by atoms with van der Waals surface area (Å²) < 4.78 is 5.05. The van der Waals surface area contributed by atoms with E-state index in [0.29, 0.717) is 16.3 Å². The van der Waals surface area contributed by atoms with E-state index in [1.54, 1.807) is 6.07 Å². The van der Waals surface area contributed by atoms with Crippen molar-refractivity contribution < 1.29 is 9.63 Å². The van der Waals surface area contributed by atoms with Gasteiger partial charge in [0.25, 0.3) is 5.89 Å². The maximum absolute atomic E-state index is 9.71. The van der Waals surface area contributed by atoms with E-state index < -0.39 is 0 Å². The Bertz CT molecular complexity index is 679. The van der Waals surface area contributed by atoms with Gasteiger partial charge < -0.3 is 9.63 Å². The minimum atomic E-state index is 0.00903. The van der Waals surface area contributed by atoms with Crippen LogP contribution in [-0.2, 0) is 0 Å². The smallest absolute Gasteiger partial charge is 0.262 e. The molecule has 0 amide bonds. The van der Waals surface area contributed by atoms with Crippen molar-refractivity contribution in [3.8, 4) is 28.7 Å². The minimum Gasteiger partial charge on any atom is -0.507 e. The number of phenolic OH excluding ortho intramolecular Hbond substituents is 1. The highest BCUT2D eigenvalue weighted by Gasteiger charge is 2.15. The first kappa shape index (κ1) is 10.7. The zero-order chi connectivity index (χ0) is 12.5. The number of H-pyrrole nitrogens is 1. The van der Waals surface area contributed by atoms with Gasteiger partial charge in [-0.3, -0.25) is 0 Å². The molecule has 0 spiro atoms. The summed E-state index contributed by atoms with van der Waals surface area (Å²) in [5.41, 5.74) is 0.816. The molecule has 2 aromatic heterocycles. The third-order valence-corrected chi connectivity index (χ3v) is 2.49. The maximum atomic E-state index is 9.71. The highest BCUT2D eigenvalue weighted by molar-refractivity contribution is 6.30. The Morgan fingerprint density at radius 1 is 1.33 bits per heavy atom. The van der Waals surface area contributed by atoms with E-state index in [1.807, 2.05) is 0 Å². The summed E-state index contributed by atoms with van der Waals surface area (Å²) in [6.07, 6.45) is 1.46. The van der Waals surface area contributed by atoms with Crippen molar-refractivity contribution in [2.75, 3.05) is 0 Å². The molecule has 8 heteroatoms. The normalized spacial score (nSPS) is 10.7. The van der Waals surface area contributed by atoms with Gasteiger partial charge >= 0.3 is 0 Å². The molecule has 0 saturated carbocycles. The van der Waals surface area contributed by atoms with Crippen LogP contribution in [0.15, 0.2) is 28.9 Å². The van der Waals surface area contributed by atoms with Crippen LogP contribution in [0.25, 0.3) is 23.0 Å². The van der Waals surface area contributed by atoms with E-state index in [2.05, 4.69) is 25.6 Å². The second-order valence-corrected chi connectivity index (χ2v) is 3.88. The van der Waals surface area contributed by atoms with E-state index >= 15 is 0 Å². The number of rotatable bonds is 2. The van der Waals surface area contributed by atoms with Crippen LogP contribution in [0.2, 0.25) is 5.02 Å². The fraction of sp³-hybridized carbons (Fsp3) is 0. The van der Waals surface area contributed by atoms with Crippen LogP contribution >= 0.6 is 11.6 Å². The summed E-state index contributed by atoms with van der Waals surface area (Å²) in [4.78, 5) is 4.11. The number of benzene rings is 1. The zero-order valence-corrected chi connectivity index (χ0v) is 9.59. The first-order chi connectivity index (χ1) is 8.74. The minimum absolute atomic E-state index is 0.00903. The number of hydrogen-bond acceptors (Lipinski definition) is 6. The summed E-state index contributed by atoms with van der Waals surface area (Å²) >= 11 is 5.84. The van der Waals surface area contributed by atoms with Gasteiger partial charge in [0, 0.05) is 5.02 Å². The van der Waals surface area contributed by atoms with Gasteiger partial charge in [0.1, 0.15) is 5.75 Å². The highest BCUT2D eigenvalue weighted by Crippen LogP contribution is 2.31. The number of halogens is 1. The summed E-state index contributed by atoms with van der Waals surface area (Å²) in [5.74, 6) is 0.445. The summed E-state index contributed by atoms with van der Waals surface area (Å²) in [6, 6.07) is 4.56. The van der Waals surface area contributed by atoms with Gasteiger partial charge in [-0.1, -0.05) is 16.8 Å². The van der Waals surface area contributed by atoms with Crippen molar-refractivity contribution in [1.29, 1.82) is 0 Å². The van der Waals surface area contributed by atoms with Gasteiger partial charge in [-0.15, -0.1) is 0 Å². The quantitative estimate of drug-likeness (QED) is 0.732. The molecular weight excluding hydrogens is 258 g/mol. The molecule has 7 nitrogen and oxygen atoms in total. The molecular formula is C10H6ClN5O2. The topological polar surface area (TPSA) is 101 Å². The number of nitrogens with one attached hydrogen (secondary N) is 1. The van der Waals surface area contributed by atoms with Gasteiger partial charge in [-0.2, -0.15) is 20.4 Å². The van der Waals surface area contributed by atoms with Crippen LogP contribution in [0, 0.1) is 0 Å². The molecule has 18 heavy (non-hydrogen) atoms. The third kappa shape index (κ3) is 1.80. The third-order valence-electron chi connectivity index (χ3n) is 2.26. The number of phenols is 1. The SMILES string of the molecule is Oc1ccc(Cl)cc1-c1nc(-c2cn[nH]n2)no1. The second-order valence-electron chi connectivity index (χ2n) is 3.44. The monoisotopic (exact) mass is 263 g/mol. The number of aromatic hydroxyl groups is 1. The average Bonchev–Trinajstić information content (AvgIpc) is 3.00. The lowest BCUT2D eigenvalue weighted by atomic mass is 10.2. The van der Waals surface area contributed by atoms with Gasteiger partial charge in [-0.25, -0.2) is 0 Å². The van der Waals surface area contributed by atoms with Gasteiger partial charge in [0.2, 0.25) is 5.82 Å². The van der Waals surface area contributed by atoms with Crippen LogP contribution in [0.3, 0.4) is 0 Å². The zero-order valence-electron chi connectivity index (χ0n) is 8.83. The number of hydrogen-bond donors (Lipinski definition) is 2. The molecule has 3 aromatic rings. The van der Waals surface area contributed by atoms with Crippen LogP contribution < -0.4 is 0 Å². The Labute approximate surface area is 105 Å². The Hall–Kier alpha value is -2.41. The summed E-state index contributed by atoms with van der Waals surface area (Å²) in [5, 5.41) is 23.8. The molecule has 0 aliphatic rings. The number of nitrogens with zero attached hydrogens (tertiary/aromatic N) is 4. The molecule has 0 aliphatic carbocycles. The molecule has 0 aliphatic heterocycles. The van der Waals surface area contributed by atoms with Crippen molar-refractivity contribution in [3.63, 3.8) is 0 Å². The lowest BCUT2D eigenvalue weighted by molar-refractivity contribution is 0.425. The van der Waals surface area contributed by atoms with Crippen molar-refractivity contribution in [1.82, 2.24) is 25.6 Å². The molecule has 0 fully saturated rings. The Morgan fingerprint density at radius 2 is 2.22 bits per heavy atom. The lowest BCUT2D eigenvalue weighted by Crippen LogP contribution is -1.82. The molecule has 0 bridgehead atoms. The molecule has 0 unspecified atom stereocenters. The predicted molar refractivity (Wildman–Crippen MR) is 61.8 cm³/mol. The van der Waals surface area contributed by atoms with Crippen molar-refractivity contribution in [3.05, 3.63) is 29.4 Å². The molecule has 2 N–H and O–H groups in total. The van der Waals surface area contributed by atoms with Crippen molar-refractivity contribution in [2.24, 2.45) is 0 Å². The van der Waals surface area contributed by atoms with E-state index in [9.17, 15) is 5.11 Å². The van der Waals surface area contributed by atoms with Gasteiger partial charge in [0.05, 0.1) is 11.8 Å². The largest absolute Gasteiger partial charge is 0.507 e. The average molecular weight is 264 g/mol. The van der Waals surface area contributed by atoms with E-state index in [1.165, 1.54) is 18.3 Å². The van der Waals surface area contributed by atoms with Crippen molar-refractivity contribution >= 4 is 11.6 Å². The predicted octanol–water partition coefficient (Wildman–Crippen LogP) is 1.88. The van der Waals surface area contributed by atoms with Crippen LogP contribution in [0.4, 0.5) is 0 Å². The first-order valence-corrected chi connectivity index (χ1v) is 5.30. The summed E-state index contributed by atoms with van der Waals surface area (Å²) in [6.45, 7) is 0. The first-order valence-electron chi connectivity index (χ1n) is 4.93. The molecule has 90 valence electrons. The van der Waals surface area contributed by atoms with E-state index in [-0.39, 0.29) is 17.5 Å². The van der Waals surface area contributed by atoms with Crippen LogP contribution in [0.5, 0.6) is 5.75 Å². The highest BCUT2D eigenvalue weighted by atomic mass is 35.5. The number of aromatic amines is 1. The fourth-order valence-electron chi connectivity index (χ4n) is 1.43. The van der Waals surface area contributed by atoms with E-state index in [4.69, 9.17) is 16.1 Å². The van der Waals surface area contributed by atoms with Gasteiger partial charge in [-0.05, 0) is 18.2 Å². The molecule has 0 saturated heterocycles. The molecule has 3 rings (SSSR count). The van der Waals surface area contributed by atoms with Gasteiger partial charge in [0.15, 0.2) is 5.69 Å². The Balaban J connectivity index is 2.05. The van der Waals surface area contributed by atoms with Crippen LogP contribution in [0.1, 0.15) is 0 Å². The second kappa shape index (κ2) is 4.11. The van der Waals surface area contributed by atoms with E-state index in [0.717, 1.165) is 0 Å². The molecule has 0 radical (unpaired) electrons. The summed E-state index contributed by atoms with van der Waals surface area (Å²) in [7, 11) is 0. The molecule has 2 heterocycles. The number of aromatic nitrogens is 5. The molecule has 0 atom stereocenters. The fourth-order valence-corrected chi connectivity index (χ4v) is 1.60.